The Morgan fingerprint density at radius 1 is 1.65 bits per heavy atom. The summed E-state index contributed by atoms with van der Waals surface area (Å²) in [6.45, 7) is 6.44. The molecular formula is C12H22N2O3. The summed E-state index contributed by atoms with van der Waals surface area (Å²) >= 11 is 0. The molecule has 17 heavy (non-hydrogen) atoms. The van der Waals surface area contributed by atoms with Crippen LogP contribution in [0.25, 0.3) is 0 Å². The third-order valence-corrected chi connectivity index (χ3v) is 2.99. The van der Waals surface area contributed by atoms with Crippen LogP contribution in [0.4, 0.5) is 0 Å². The molecule has 5 heteroatoms. The zero-order valence-corrected chi connectivity index (χ0v) is 10.6. The molecule has 0 aromatic carbocycles. The Hall–Kier alpha value is -0.910. The van der Waals surface area contributed by atoms with Crippen molar-refractivity contribution in [3.63, 3.8) is 0 Å². The van der Waals surface area contributed by atoms with Crippen molar-refractivity contribution < 1.29 is 14.3 Å². The van der Waals surface area contributed by atoms with E-state index in [4.69, 9.17) is 9.47 Å². The number of carbonyl (C=O) groups is 1. The number of nitrogens with one attached hydrogen (secondary N) is 1. The second kappa shape index (κ2) is 7.42. The number of hydrogen-bond donors (Lipinski definition) is 1. The highest BCUT2D eigenvalue weighted by atomic mass is 16.5. The zero-order valence-electron chi connectivity index (χ0n) is 10.6. The van der Waals surface area contributed by atoms with E-state index >= 15 is 0 Å². The minimum atomic E-state index is -0.100. The van der Waals surface area contributed by atoms with Crippen molar-refractivity contribution in [1.29, 1.82) is 0 Å². The highest BCUT2D eigenvalue weighted by Gasteiger charge is 2.35. The summed E-state index contributed by atoms with van der Waals surface area (Å²) < 4.78 is 10.4. The molecule has 98 valence electrons. The second-order valence-electron chi connectivity index (χ2n) is 4.10. The number of hydrogen-bond acceptors (Lipinski definition) is 4. The van der Waals surface area contributed by atoms with Gasteiger partial charge in [0.15, 0.2) is 0 Å². The second-order valence-corrected chi connectivity index (χ2v) is 4.10. The maximum atomic E-state index is 12.3. The monoisotopic (exact) mass is 242 g/mol. The predicted octanol–water partition coefficient (Wildman–Crippen LogP) is -0.118. The van der Waals surface area contributed by atoms with Crippen LogP contribution in [0.15, 0.2) is 12.7 Å². The van der Waals surface area contributed by atoms with Crippen molar-refractivity contribution in [2.45, 2.75) is 6.04 Å². The lowest BCUT2D eigenvalue weighted by molar-refractivity contribution is -0.136. The predicted molar refractivity (Wildman–Crippen MR) is 65.8 cm³/mol. The van der Waals surface area contributed by atoms with Gasteiger partial charge >= 0.3 is 0 Å². The van der Waals surface area contributed by atoms with Crippen LogP contribution >= 0.6 is 0 Å². The number of ether oxygens (including phenoxy) is 2. The van der Waals surface area contributed by atoms with Crippen LogP contribution in [0.1, 0.15) is 0 Å². The Bertz CT molecular complexity index is 258. The first-order valence-corrected chi connectivity index (χ1v) is 5.88. The first-order chi connectivity index (χ1) is 8.24. The van der Waals surface area contributed by atoms with E-state index in [0.717, 1.165) is 0 Å². The molecule has 0 aromatic rings. The molecule has 1 fully saturated rings. The third-order valence-electron chi connectivity index (χ3n) is 2.99. The van der Waals surface area contributed by atoms with Gasteiger partial charge in [-0.3, -0.25) is 4.79 Å². The number of rotatable bonds is 7. The van der Waals surface area contributed by atoms with E-state index < -0.39 is 0 Å². The van der Waals surface area contributed by atoms with Gasteiger partial charge in [0, 0.05) is 26.2 Å². The van der Waals surface area contributed by atoms with Gasteiger partial charge in [0.2, 0.25) is 5.91 Å². The molecule has 1 aliphatic heterocycles. The maximum Gasteiger partial charge on any atom is 0.230 e. The standard InChI is InChI=1S/C12H22N2O3/c1-4-5-14(6-7-16-3)12(15)10-8-17-9-11(10)13-2/h4,10-11,13H,1,5-9H2,2-3H3. The quantitative estimate of drug-likeness (QED) is 0.633. The number of carbonyl (C=O) groups excluding carboxylic acids is 1. The van der Waals surface area contributed by atoms with Gasteiger partial charge in [0.05, 0.1) is 25.7 Å². The van der Waals surface area contributed by atoms with Crippen LogP contribution in [-0.4, -0.2) is 63.9 Å². The molecule has 0 spiro atoms. The highest BCUT2D eigenvalue weighted by Crippen LogP contribution is 2.16. The molecule has 0 radical (unpaired) electrons. The molecule has 1 N–H and O–H groups in total. The van der Waals surface area contributed by atoms with Crippen molar-refractivity contribution in [3.05, 3.63) is 12.7 Å². The van der Waals surface area contributed by atoms with E-state index in [2.05, 4.69) is 11.9 Å². The fraction of sp³-hybridized carbons (Fsp3) is 0.750. The molecule has 0 aromatic heterocycles. The molecular weight excluding hydrogens is 220 g/mol. The van der Waals surface area contributed by atoms with Gasteiger partial charge in [-0.15, -0.1) is 6.58 Å². The van der Waals surface area contributed by atoms with Crippen LogP contribution in [0, 0.1) is 5.92 Å². The van der Waals surface area contributed by atoms with Crippen molar-refractivity contribution >= 4 is 5.91 Å². The summed E-state index contributed by atoms with van der Waals surface area (Å²) in [6.07, 6.45) is 1.73. The molecule has 0 bridgehead atoms. The normalized spacial score (nSPS) is 23.6. The number of methoxy groups -OCH3 is 1. The van der Waals surface area contributed by atoms with Crippen molar-refractivity contribution in [3.8, 4) is 0 Å². The van der Waals surface area contributed by atoms with Gasteiger partial charge in [-0.1, -0.05) is 6.08 Å². The van der Waals surface area contributed by atoms with E-state index in [1.165, 1.54) is 0 Å². The molecule has 2 unspecified atom stereocenters. The third kappa shape index (κ3) is 3.80. The Morgan fingerprint density at radius 2 is 2.41 bits per heavy atom. The molecule has 0 saturated carbocycles. The topological polar surface area (TPSA) is 50.8 Å². The molecule has 1 aliphatic rings. The summed E-state index contributed by atoms with van der Waals surface area (Å²) in [5, 5.41) is 3.12. The van der Waals surface area contributed by atoms with Crippen LogP contribution in [0.3, 0.4) is 0 Å². The molecule has 5 nitrogen and oxygen atoms in total. The van der Waals surface area contributed by atoms with E-state index in [1.54, 1.807) is 18.1 Å². The lowest BCUT2D eigenvalue weighted by Crippen LogP contribution is -2.45. The van der Waals surface area contributed by atoms with E-state index in [9.17, 15) is 4.79 Å². The molecule has 0 aliphatic carbocycles. The lowest BCUT2D eigenvalue weighted by Gasteiger charge is -2.26. The van der Waals surface area contributed by atoms with Crippen molar-refractivity contribution in [1.82, 2.24) is 10.2 Å². The Kier molecular flexibility index (Phi) is 6.18. The van der Waals surface area contributed by atoms with E-state index in [-0.39, 0.29) is 17.9 Å². The minimum absolute atomic E-state index is 0.100. The fourth-order valence-electron chi connectivity index (χ4n) is 1.97. The SMILES string of the molecule is C=CCN(CCOC)C(=O)C1COCC1NC. The molecule has 1 heterocycles. The molecule has 1 rings (SSSR count). The van der Waals surface area contributed by atoms with Crippen LogP contribution in [0.2, 0.25) is 0 Å². The van der Waals surface area contributed by atoms with Crippen molar-refractivity contribution in [2.24, 2.45) is 5.92 Å². The number of nitrogens with zero attached hydrogens (tertiary/aromatic N) is 1. The van der Waals surface area contributed by atoms with E-state index in [1.807, 2.05) is 7.05 Å². The van der Waals surface area contributed by atoms with Gasteiger partial charge in [0.1, 0.15) is 0 Å². The van der Waals surface area contributed by atoms with Gasteiger partial charge < -0.3 is 19.7 Å². The van der Waals surface area contributed by atoms with Crippen LogP contribution in [0.5, 0.6) is 0 Å². The molecule has 2 atom stereocenters. The number of likely N-dealkylation sites (N-methyl/N-ethyl adjacent to an activating group) is 1. The van der Waals surface area contributed by atoms with Gasteiger partial charge in [-0.25, -0.2) is 0 Å². The summed E-state index contributed by atoms with van der Waals surface area (Å²) in [5.41, 5.74) is 0. The highest BCUT2D eigenvalue weighted by molar-refractivity contribution is 5.80. The Morgan fingerprint density at radius 3 is 3.00 bits per heavy atom. The zero-order chi connectivity index (χ0) is 12.7. The van der Waals surface area contributed by atoms with Gasteiger partial charge in [0.25, 0.3) is 0 Å². The van der Waals surface area contributed by atoms with Gasteiger partial charge in [-0.05, 0) is 7.05 Å². The smallest absolute Gasteiger partial charge is 0.230 e. The average molecular weight is 242 g/mol. The maximum absolute atomic E-state index is 12.3. The molecule has 1 amide bonds. The fourth-order valence-corrected chi connectivity index (χ4v) is 1.97. The molecule has 1 saturated heterocycles. The van der Waals surface area contributed by atoms with Gasteiger partial charge in [-0.2, -0.15) is 0 Å². The average Bonchev–Trinajstić information content (AvgIpc) is 2.81. The summed E-state index contributed by atoms with van der Waals surface area (Å²) in [5.74, 6) is 0.00982. The minimum Gasteiger partial charge on any atom is -0.383 e. The first-order valence-electron chi connectivity index (χ1n) is 5.88. The number of amides is 1. The largest absolute Gasteiger partial charge is 0.383 e. The van der Waals surface area contributed by atoms with E-state index in [0.29, 0.717) is 32.9 Å². The van der Waals surface area contributed by atoms with Crippen molar-refractivity contribution in [2.75, 3.05) is 47.1 Å². The Labute approximate surface area is 103 Å². The first kappa shape index (κ1) is 14.2. The Balaban J connectivity index is 2.59. The van der Waals surface area contributed by atoms with Crippen LogP contribution < -0.4 is 5.32 Å². The summed E-state index contributed by atoms with van der Waals surface area (Å²) in [7, 11) is 3.48. The summed E-state index contributed by atoms with van der Waals surface area (Å²) in [4.78, 5) is 14.1. The van der Waals surface area contributed by atoms with Crippen LogP contribution in [-0.2, 0) is 14.3 Å². The summed E-state index contributed by atoms with van der Waals surface area (Å²) in [6, 6.07) is 0.109. The lowest BCUT2D eigenvalue weighted by atomic mass is 10.0.